The lowest BCUT2D eigenvalue weighted by Gasteiger charge is -2.12. The number of hydrogen-bond acceptors (Lipinski definition) is 4. The number of likely N-dealkylation sites (tertiary alicyclic amines) is 1. The first-order valence-electron chi connectivity index (χ1n) is 5.90. The predicted octanol–water partition coefficient (Wildman–Crippen LogP) is 1.17. The number of likely N-dealkylation sites (N-methyl/N-ethyl adjacent to an activating group) is 1. The highest BCUT2D eigenvalue weighted by molar-refractivity contribution is 5.95. The molecule has 0 aromatic heterocycles. The molecule has 2 rings (SSSR count). The average molecular weight is 267 g/mol. The van der Waals surface area contributed by atoms with E-state index < -0.39 is 22.3 Å². The van der Waals surface area contributed by atoms with E-state index in [0.717, 1.165) is 31.6 Å². The summed E-state index contributed by atoms with van der Waals surface area (Å²) in [5, 5.41) is 13.4. The molecule has 1 aromatic rings. The maximum absolute atomic E-state index is 13.2. The molecule has 1 unspecified atom stereocenters. The number of hydrogen-bond donors (Lipinski definition) is 1. The summed E-state index contributed by atoms with van der Waals surface area (Å²) in [6.45, 7) is 1.64. The van der Waals surface area contributed by atoms with Crippen molar-refractivity contribution in [3.63, 3.8) is 0 Å². The van der Waals surface area contributed by atoms with Crippen molar-refractivity contribution in [3.05, 3.63) is 39.7 Å². The van der Waals surface area contributed by atoms with Crippen molar-refractivity contribution in [2.75, 3.05) is 20.1 Å². The third-order valence-corrected chi connectivity index (χ3v) is 3.13. The number of halogens is 1. The summed E-state index contributed by atoms with van der Waals surface area (Å²) < 4.78 is 13.2. The molecule has 102 valence electrons. The van der Waals surface area contributed by atoms with Gasteiger partial charge in [-0.1, -0.05) is 0 Å². The van der Waals surface area contributed by atoms with Crippen LogP contribution in [0.1, 0.15) is 16.8 Å². The standard InChI is InChI=1S/C12H14FN3O3/c1-15-5-4-9(7-15)14-12(17)8-2-3-10(13)11(6-8)16(18)19/h2-3,6,9H,4-5,7H2,1H3,(H,14,17). The maximum Gasteiger partial charge on any atom is 0.305 e. The molecular weight excluding hydrogens is 253 g/mol. The lowest BCUT2D eigenvalue weighted by atomic mass is 10.1. The van der Waals surface area contributed by atoms with Crippen LogP contribution in [0.15, 0.2) is 18.2 Å². The van der Waals surface area contributed by atoms with Gasteiger partial charge in [0.25, 0.3) is 5.91 Å². The summed E-state index contributed by atoms with van der Waals surface area (Å²) >= 11 is 0. The van der Waals surface area contributed by atoms with Gasteiger partial charge in [-0.15, -0.1) is 0 Å². The Morgan fingerprint density at radius 1 is 1.58 bits per heavy atom. The summed E-state index contributed by atoms with van der Waals surface area (Å²) in [5.74, 6) is -1.36. The fourth-order valence-corrected chi connectivity index (χ4v) is 2.12. The van der Waals surface area contributed by atoms with Gasteiger partial charge in [-0.05, 0) is 32.1 Å². The molecule has 1 fully saturated rings. The van der Waals surface area contributed by atoms with Gasteiger partial charge < -0.3 is 10.2 Å². The van der Waals surface area contributed by atoms with Crippen molar-refractivity contribution in [2.45, 2.75) is 12.5 Å². The van der Waals surface area contributed by atoms with E-state index in [2.05, 4.69) is 10.2 Å². The fraction of sp³-hybridized carbons (Fsp3) is 0.417. The van der Waals surface area contributed by atoms with E-state index in [0.29, 0.717) is 0 Å². The summed E-state index contributed by atoms with van der Waals surface area (Å²) in [6.07, 6.45) is 0.839. The van der Waals surface area contributed by atoms with Crippen LogP contribution in [0.3, 0.4) is 0 Å². The minimum Gasteiger partial charge on any atom is -0.348 e. The summed E-state index contributed by atoms with van der Waals surface area (Å²) in [7, 11) is 1.95. The van der Waals surface area contributed by atoms with E-state index >= 15 is 0 Å². The number of nitro benzene ring substituents is 1. The molecule has 6 nitrogen and oxygen atoms in total. The Morgan fingerprint density at radius 2 is 2.32 bits per heavy atom. The Bertz CT molecular complexity index is 521. The second-order valence-electron chi connectivity index (χ2n) is 4.64. The Hall–Kier alpha value is -2.02. The molecule has 1 aliphatic rings. The lowest BCUT2D eigenvalue weighted by Crippen LogP contribution is -2.36. The number of benzene rings is 1. The third kappa shape index (κ3) is 3.05. The topological polar surface area (TPSA) is 75.5 Å². The van der Waals surface area contributed by atoms with Gasteiger partial charge in [0.2, 0.25) is 5.82 Å². The first-order chi connectivity index (χ1) is 8.97. The molecule has 19 heavy (non-hydrogen) atoms. The third-order valence-electron chi connectivity index (χ3n) is 3.13. The SMILES string of the molecule is CN1CCC(NC(=O)c2ccc(F)c([N+](=O)[O-])c2)C1. The van der Waals surface area contributed by atoms with Crippen LogP contribution in [-0.4, -0.2) is 41.9 Å². The van der Waals surface area contributed by atoms with Crippen molar-refractivity contribution >= 4 is 11.6 Å². The van der Waals surface area contributed by atoms with Gasteiger partial charge in [0.05, 0.1) is 4.92 Å². The van der Waals surface area contributed by atoms with Crippen LogP contribution in [-0.2, 0) is 0 Å². The van der Waals surface area contributed by atoms with E-state index in [1.165, 1.54) is 6.07 Å². The molecular formula is C12H14FN3O3. The number of carbonyl (C=O) groups is 1. The fourth-order valence-electron chi connectivity index (χ4n) is 2.12. The highest BCUT2D eigenvalue weighted by Gasteiger charge is 2.23. The van der Waals surface area contributed by atoms with Crippen LogP contribution in [0.2, 0.25) is 0 Å². The zero-order valence-corrected chi connectivity index (χ0v) is 10.4. The number of nitrogens with zero attached hydrogens (tertiary/aromatic N) is 2. The van der Waals surface area contributed by atoms with E-state index in [4.69, 9.17) is 0 Å². The number of carbonyl (C=O) groups excluding carboxylic acids is 1. The van der Waals surface area contributed by atoms with Crippen LogP contribution < -0.4 is 5.32 Å². The van der Waals surface area contributed by atoms with Gasteiger partial charge in [0.15, 0.2) is 0 Å². The van der Waals surface area contributed by atoms with Gasteiger partial charge in [0.1, 0.15) is 0 Å². The molecule has 0 radical (unpaired) electrons. The molecule has 1 N–H and O–H groups in total. The largest absolute Gasteiger partial charge is 0.348 e. The molecule has 0 bridgehead atoms. The van der Waals surface area contributed by atoms with Gasteiger partial charge in [-0.3, -0.25) is 14.9 Å². The number of amides is 1. The van der Waals surface area contributed by atoms with Crippen molar-refractivity contribution in [1.29, 1.82) is 0 Å². The Labute approximate surface area is 109 Å². The molecule has 1 heterocycles. The second-order valence-corrected chi connectivity index (χ2v) is 4.64. The van der Waals surface area contributed by atoms with E-state index in [1.807, 2.05) is 7.05 Å². The lowest BCUT2D eigenvalue weighted by molar-refractivity contribution is -0.387. The minimum atomic E-state index is -0.942. The van der Waals surface area contributed by atoms with Crippen LogP contribution >= 0.6 is 0 Å². The van der Waals surface area contributed by atoms with Crippen LogP contribution in [0, 0.1) is 15.9 Å². The predicted molar refractivity (Wildman–Crippen MR) is 66.4 cm³/mol. The molecule has 1 aromatic carbocycles. The molecule has 1 aliphatic heterocycles. The molecule has 0 spiro atoms. The smallest absolute Gasteiger partial charge is 0.305 e. The quantitative estimate of drug-likeness (QED) is 0.659. The number of rotatable bonds is 3. The zero-order valence-electron chi connectivity index (χ0n) is 10.4. The Kier molecular flexibility index (Phi) is 3.75. The summed E-state index contributed by atoms with van der Waals surface area (Å²) in [6, 6.07) is 3.18. The van der Waals surface area contributed by atoms with Gasteiger partial charge in [-0.25, -0.2) is 0 Å². The van der Waals surface area contributed by atoms with Crippen molar-refractivity contribution < 1.29 is 14.1 Å². The van der Waals surface area contributed by atoms with Crippen molar-refractivity contribution in [2.24, 2.45) is 0 Å². The highest BCUT2D eigenvalue weighted by Crippen LogP contribution is 2.18. The summed E-state index contributed by atoms with van der Waals surface area (Å²) in [5.41, 5.74) is -0.584. The second kappa shape index (κ2) is 5.31. The van der Waals surface area contributed by atoms with Crippen LogP contribution in [0.5, 0.6) is 0 Å². The van der Waals surface area contributed by atoms with Crippen molar-refractivity contribution in [1.82, 2.24) is 10.2 Å². The van der Waals surface area contributed by atoms with E-state index in [1.54, 1.807) is 0 Å². The van der Waals surface area contributed by atoms with E-state index in [9.17, 15) is 19.3 Å². The normalized spacial score (nSPS) is 19.4. The van der Waals surface area contributed by atoms with Gasteiger partial charge >= 0.3 is 5.69 Å². The monoisotopic (exact) mass is 267 g/mol. The number of nitro groups is 1. The van der Waals surface area contributed by atoms with Gasteiger partial charge in [0, 0.05) is 24.2 Å². The zero-order chi connectivity index (χ0) is 14.0. The minimum absolute atomic E-state index is 0.0293. The molecule has 0 aliphatic carbocycles. The maximum atomic E-state index is 13.2. The number of nitrogens with one attached hydrogen (secondary N) is 1. The molecule has 1 amide bonds. The van der Waals surface area contributed by atoms with E-state index in [-0.39, 0.29) is 11.6 Å². The van der Waals surface area contributed by atoms with Gasteiger partial charge in [-0.2, -0.15) is 4.39 Å². The Morgan fingerprint density at radius 3 is 2.89 bits per heavy atom. The molecule has 0 saturated carbocycles. The highest BCUT2D eigenvalue weighted by atomic mass is 19.1. The van der Waals surface area contributed by atoms with Crippen molar-refractivity contribution in [3.8, 4) is 0 Å². The summed E-state index contributed by atoms with van der Waals surface area (Å²) in [4.78, 5) is 23.8. The average Bonchev–Trinajstić information content (AvgIpc) is 2.74. The van der Waals surface area contributed by atoms with Crippen LogP contribution in [0.4, 0.5) is 10.1 Å². The molecule has 1 saturated heterocycles. The Balaban J connectivity index is 2.11. The van der Waals surface area contributed by atoms with Crippen LogP contribution in [0.25, 0.3) is 0 Å². The first-order valence-corrected chi connectivity index (χ1v) is 5.90. The molecule has 1 atom stereocenters. The molecule has 7 heteroatoms. The first kappa shape index (κ1) is 13.4.